The highest BCUT2D eigenvalue weighted by molar-refractivity contribution is 6.07. The number of aromatic nitrogens is 1. The fourth-order valence-electron chi connectivity index (χ4n) is 1.67. The first-order valence-corrected chi connectivity index (χ1v) is 6.50. The van der Waals surface area contributed by atoms with E-state index in [1.54, 1.807) is 48.8 Å². The summed E-state index contributed by atoms with van der Waals surface area (Å²) in [6, 6.07) is 10.4. The lowest BCUT2D eigenvalue weighted by Crippen LogP contribution is -2.07. The molecule has 0 aliphatic heterocycles. The molecule has 0 bridgehead atoms. The third-order valence-corrected chi connectivity index (χ3v) is 2.67. The lowest BCUT2D eigenvalue weighted by atomic mass is 10.1. The summed E-state index contributed by atoms with van der Waals surface area (Å²) < 4.78 is 5.29. The molecule has 1 heterocycles. The lowest BCUT2D eigenvalue weighted by Gasteiger charge is -2.04. The van der Waals surface area contributed by atoms with Gasteiger partial charge in [-0.3, -0.25) is 14.6 Å². The van der Waals surface area contributed by atoms with E-state index < -0.39 is 0 Å². The van der Waals surface area contributed by atoms with Crippen LogP contribution in [0, 0.1) is 0 Å². The van der Waals surface area contributed by atoms with E-state index in [4.69, 9.17) is 4.74 Å². The van der Waals surface area contributed by atoms with Crippen LogP contribution >= 0.6 is 0 Å². The summed E-state index contributed by atoms with van der Waals surface area (Å²) in [7, 11) is 0. The maximum atomic E-state index is 12.1. The molecule has 106 valence electrons. The third kappa shape index (κ3) is 4.69. The minimum atomic E-state index is -0.132. The topological polar surface area (TPSA) is 56.3 Å². The fourth-order valence-corrected chi connectivity index (χ4v) is 1.67. The minimum absolute atomic E-state index is 0.00314. The van der Waals surface area contributed by atoms with Crippen molar-refractivity contribution in [3.8, 4) is 5.75 Å². The summed E-state index contributed by atoms with van der Waals surface area (Å²) in [5.74, 6) is 0.307. The average molecular weight is 281 g/mol. The van der Waals surface area contributed by atoms with Crippen LogP contribution in [0.25, 0.3) is 6.08 Å². The van der Waals surface area contributed by atoms with Gasteiger partial charge in [0.05, 0.1) is 0 Å². The number of Topliss-reactive ketones (excluding diaryl/α,β-unsaturated/α-hetero) is 1. The number of hydrogen-bond donors (Lipinski definition) is 0. The molecule has 4 heteroatoms. The number of pyridine rings is 1. The molecule has 0 fully saturated rings. The third-order valence-electron chi connectivity index (χ3n) is 2.67. The molecule has 0 N–H and O–H groups in total. The van der Waals surface area contributed by atoms with Crippen molar-refractivity contribution in [1.82, 2.24) is 4.98 Å². The zero-order valence-electron chi connectivity index (χ0n) is 11.7. The second-order valence-electron chi connectivity index (χ2n) is 4.50. The second-order valence-corrected chi connectivity index (χ2v) is 4.50. The highest BCUT2D eigenvalue weighted by Gasteiger charge is 2.04. The van der Waals surface area contributed by atoms with Crippen LogP contribution in [0.4, 0.5) is 0 Å². The van der Waals surface area contributed by atoms with Crippen molar-refractivity contribution in [2.24, 2.45) is 0 Å². The zero-order chi connectivity index (χ0) is 15.1. The van der Waals surface area contributed by atoms with Gasteiger partial charge >= 0.3 is 0 Å². The number of carbonyl (C=O) groups is 2. The fraction of sp³-hybridized carbons (Fsp3) is 0.118. The van der Waals surface area contributed by atoms with Crippen molar-refractivity contribution in [3.05, 3.63) is 66.0 Å². The van der Waals surface area contributed by atoms with Gasteiger partial charge in [-0.25, -0.2) is 0 Å². The monoisotopic (exact) mass is 281 g/mol. The smallest absolute Gasteiger partial charge is 0.185 e. The quantitative estimate of drug-likeness (QED) is 0.603. The second kappa shape index (κ2) is 7.14. The Hall–Kier alpha value is -2.75. The molecule has 0 saturated carbocycles. The molecular formula is C17H15NO3. The average Bonchev–Trinajstić information content (AvgIpc) is 2.52. The first kappa shape index (κ1) is 14.7. The van der Waals surface area contributed by atoms with Crippen molar-refractivity contribution < 1.29 is 14.3 Å². The minimum Gasteiger partial charge on any atom is -0.486 e. The van der Waals surface area contributed by atoms with Crippen LogP contribution in [-0.4, -0.2) is 23.2 Å². The molecular weight excluding hydrogens is 266 g/mol. The van der Waals surface area contributed by atoms with Crippen LogP contribution in [0.1, 0.15) is 22.8 Å². The van der Waals surface area contributed by atoms with E-state index in [2.05, 4.69) is 4.98 Å². The summed E-state index contributed by atoms with van der Waals surface area (Å²) in [6.07, 6.45) is 6.55. The molecule has 0 radical (unpaired) electrons. The molecule has 1 aromatic carbocycles. The Morgan fingerprint density at radius 3 is 2.81 bits per heavy atom. The summed E-state index contributed by atoms with van der Waals surface area (Å²) in [5.41, 5.74) is 1.37. The molecule has 1 aromatic heterocycles. The van der Waals surface area contributed by atoms with E-state index in [0.29, 0.717) is 11.3 Å². The molecule has 0 aliphatic carbocycles. The molecule has 0 aliphatic rings. The van der Waals surface area contributed by atoms with Crippen LogP contribution in [0.2, 0.25) is 0 Å². The Kier molecular flexibility index (Phi) is 4.99. The Labute approximate surface area is 123 Å². The molecule has 0 spiro atoms. The largest absolute Gasteiger partial charge is 0.486 e. The van der Waals surface area contributed by atoms with E-state index in [1.807, 2.05) is 6.07 Å². The summed E-state index contributed by atoms with van der Waals surface area (Å²) in [6.45, 7) is 1.45. The van der Waals surface area contributed by atoms with Crippen LogP contribution in [0.5, 0.6) is 5.75 Å². The van der Waals surface area contributed by atoms with Crippen LogP contribution in [-0.2, 0) is 4.79 Å². The maximum absolute atomic E-state index is 12.1. The summed E-state index contributed by atoms with van der Waals surface area (Å²) in [4.78, 5) is 26.9. The van der Waals surface area contributed by atoms with Gasteiger partial charge in [0.1, 0.15) is 12.4 Å². The Morgan fingerprint density at radius 1 is 1.24 bits per heavy atom. The van der Waals surface area contributed by atoms with Gasteiger partial charge in [0.25, 0.3) is 0 Å². The van der Waals surface area contributed by atoms with E-state index in [1.165, 1.54) is 13.0 Å². The molecule has 4 nitrogen and oxygen atoms in total. The number of ether oxygens (including phenoxy) is 1. The molecule has 0 saturated heterocycles. The van der Waals surface area contributed by atoms with Gasteiger partial charge < -0.3 is 4.74 Å². The lowest BCUT2D eigenvalue weighted by molar-refractivity contribution is -0.118. The predicted octanol–water partition coefficient (Wildman–Crippen LogP) is 2.95. The normalized spacial score (nSPS) is 10.5. The van der Waals surface area contributed by atoms with E-state index >= 15 is 0 Å². The maximum Gasteiger partial charge on any atom is 0.185 e. The highest BCUT2D eigenvalue weighted by Crippen LogP contribution is 2.14. The first-order valence-electron chi connectivity index (χ1n) is 6.50. The first-order chi connectivity index (χ1) is 10.1. The molecule has 0 atom stereocenters. The Morgan fingerprint density at radius 2 is 2.10 bits per heavy atom. The number of benzene rings is 1. The highest BCUT2D eigenvalue weighted by atomic mass is 16.5. The van der Waals surface area contributed by atoms with Crippen molar-refractivity contribution in [3.63, 3.8) is 0 Å². The number of hydrogen-bond acceptors (Lipinski definition) is 4. The van der Waals surface area contributed by atoms with E-state index in [0.717, 1.165) is 5.56 Å². The Bertz CT molecular complexity index is 663. The van der Waals surface area contributed by atoms with Crippen LogP contribution < -0.4 is 4.74 Å². The van der Waals surface area contributed by atoms with Crippen LogP contribution in [0.3, 0.4) is 0 Å². The molecule has 2 aromatic rings. The SMILES string of the molecule is CC(=O)COc1cccc(C(=O)/C=C/c2cccnc2)c1. The standard InChI is InChI=1S/C17H15NO3/c1-13(19)12-21-16-6-2-5-15(10-16)17(20)8-7-14-4-3-9-18-11-14/h2-11H,12H2,1H3/b8-7+. The molecule has 0 amide bonds. The van der Waals surface area contributed by atoms with Crippen LogP contribution in [0.15, 0.2) is 54.9 Å². The van der Waals surface area contributed by atoms with Crippen molar-refractivity contribution in [2.45, 2.75) is 6.92 Å². The predicted molar refractivity (Wildman–Crippen MR) is 80.2 cm³/mol. The molecule has 0 unspecified atom stereocenters. The van der Waals surface area contributed by atoms with Crippen molar-refractivity contribution in [1.29, 1.82) is 0 Å². The van der Waals surface area contributed by atoms with Gasteiger partial charge in [-0.1, -0.05) is 18.2 Å². The summed E-state index contributed by atoms with van der Waals surface area (Å²) in [5, 5.41) is 0. The van der Waals surface area contributed by atoms with Crippen molar-refractivity contribution >= 4 is 17.6 Å². The Balaban J connectivity index is 2.07. The number of allylic oxidation sites excluding steroid dienone is 1. The van der Waals surface area contributed by atoms with Gasteiger partial charge in [0, 0.05) is 18.0 Å². The van der Waals surface area contributed by atoms with Gasteiger partial charge in [-0.15, -0.1) is 0 Å². The van der Waals surface area contributed by atoms with Gasteiger partial charge in [-0.05, 0) is 42.8 Å². The number of ketones is 2. The zero-order valence-corrected chi connectivity index (χ0v) is 11.7. The summed E-state index contributed by atoms with van der Waals surface area (Å²) >= 11 is 0. The molecule has 2 rings (SSSR count). The number of nitrogens with zero attached hydrogens (tertiary/aromatic N) is 1. The van der Waals surface area contributed by atoms with Crippen molar-refractivity contribution in [2.75, 3.05) is 6.61 Å². The number of rotatable bonds is 6. The van der Waals surface area contributed by atoms with Gasteiger partial charge in [0.2, 0.25) is 0 Å². The van der Waals surface area contributed by atoms with E-state index in [-0.39, 0.29) is 18.2 Å². The molecule has 21 heavy (non-hydrogen) atoms. The van der Waals surface area contributed by atoms with Gasteiger partial charge in [0.15, 0.2) is 11.6 Å². The van der Waals surface area contributed by atoms with E-state index in [9.17, 15) is 9.59 Å². The van der Waals surface area contributed by atoms with Gasteiger partial charge in [-0.2, -0.15) is 0 Å². The number of carbonyl (C=O) groups excluding carboxylic acids is 2.